The summed E-state index contributed by atoms with van der Waals surface area (Å²) in [6.07, 6.45) is 0. The Kier molecular flexibility index (Phi) is 7.65. The molecule has 0 atom stereocenters. The molecule has 0 N–H and O–H groups in total. The molecule has 5 heterocycles. The van der Waals surface area contributed by atoms with Gasteiger partial charge in [-0.2, -0.15) is 0 Å². The number of hydrogen-bond donors (Lipinski definition) is 0. The summed E-state index contributed by atoms with van der Waals surface area (Å²) in [6.45, 7) is 0. The van der Waals surface area contributed by atoms with Crippen LogP contribution in [0.5, 0.6) is 0 Å². The molecule has 10 aromatic carbocycles. The van der Waals surface area contributed by atoms with Gasteiger partial charge >= 0.3 is 0 Å². The molecular weight excluding hydrogens is 835 g/mol. The number of nitrogens with zero attached hydrogens (tertiary/aromatic N) is 5. The normalized spacial score (nSPS) is 12.1. The third-order valence-corrected chi connectivity index (χ3v) is 13.7. The van der Waals surface area contributed by atoms with Crippen molar-refractivity contribution in [3.8, 4) is 45.5 Å². The predicted molar refractivity (Wildman–Crippen MR) is 277 cm³/mol. The van der Waals surface area contributed by atoms with E-state index in [4.69, 9.17) is 23.8 Å². The molecule has 7 heteroatoms. The Morgan fingerprint density at radius 2 is 0.882 bits per heavy atom. The molecule has 0 bridgehead atoms. The van der Waals surface area contributed by atoms with Gasteiger partial charge in [-0.05, 0) is 95.7 Å². The van der Waals surface area contributed by atoms with Gasteiger partial charge in [-0.25, -0.2) is 15.0 Å². The van der Waals surface area contributed by atoms with Gasteiger partial charge in [-0.1, -0.05) is 127 Å². The van der Waals surface area contributed by atoms with E-state index in [2.05, 4.69) is 179 Å². The van der Waals surface area contributed by atoms with E-state index in [9.17, 15) is 0 Å². The maximum absolute atomic E-state index is 6.99. The van der Waals surface area contributed by atoms with Crippen LogP contribution in [0.1, 0.15) is 0 Å². The second-order valence-corrected chi connectivity index (χ2v) is 17.5. The highest BCUT2D eigenvalue weighted by Crippen LogP contribution is 2.44. The molecule has 0 amide bonds. The third-order valence-electron chi connectivity index (χ3n) is 13.7. The van der Waals surface area contributed by atoms with Crippen molar-refractivity contribution >= 4 is 98.3 Å². The molecule has 0 aliphatic heterocycles. The lowest BCUT2D eigenvalue weighted by molar-refractivity contribution is 0.666. The summed E-state index contributed by atoms with van der Waals surface area (Å²) < 4.78 is 17.9. The minimum Gasteiger partial charge on any atom is -0.456 e. The fourth-order valence-corrected chi connectivity index (χ4v) is 10.7. The number of aromatic nitrogens is 5. The van der Waals surface area contributed by atoms with Crippen LogP contribution < -0.4 is 0 Å². The number of para-hydroxylation sites is 5. The molecule has 0 aliphatic carbocycles. The van der Waals surface area contributed by atoms with Gasteiger partial charge in [0.25, 0.3) is 0 Å². The van der Waals surface area contributed by atoms with Crippen molar-refractivity contribution in [1.82, 2.24) is 24.1 Å². The van der Waals surface area contributed by atoms with Crippen LogP contribution in [-0.4, -0.2) is 24.1 Å². The molecule has 15 rings (SSSR count). The summed E-state index contributed by atoms with van der Waals surface area (Å²) in [6, 6.07) is 74.4. The molecule has 316 valence electrons. The summed E-state index contributed by atoms with van der Waals surface area (Å²) in [7, 11) is 0. The summed E-state index contributed by atoms with van der Waals surface area (Å²) in [5.74, 6) is 1.66. The van der Waals surface area contributed by atoms with Crippen LogP contribution in [-0.2, 0) is 0 Å². The fraction of sp³-hybridized carbons (Fsp3) is 0. The average Bonchev–Trinajstić information content (AvgIpc) is 4.15. The molecule has 0 radical (unpaired) electrons. The summed E-state index contributed by atoms with van der Waals surface area (Å²) in [5, 5.41) is 11.0. The molecule has 15 aromatic rings. The largest absolute Gasteiger partial charge is 0.456 e. The van der Waals surface area contributed by atoms with Gasteiger partial charge in [-0.15, -0.1) is 0 Å². The van der Waals surface area contributed by atoms with E-state index in [1.807, 2.05) is 42.5 Å². The number of hydrogen-bond acceptors (Lipinski definition) is 5. The molecular formula is C61H35N5O2. The first-order valence-electron chi connectivity index (χ1n) is 22.8. The standard InChI is InChI=1S/C61H35N5O2/c1-2-16-40(17-3-1)65-49-22-10-6-18-41(49)43-28-26-39(35-52(43)65)60-62-59(38-27-31-56-48(33-38)44-20-8-12-24-54(44)67-56)63-61(64-60)46-29-30-51(58-57(46)45-21-9-13-25-55(45)68-58)66-50-23-11-7-19-42(50)47-32-36-14-4-5-15-37(36)34-53(47)66/h1-35H. The minimum atomic E-state index is 0.544. The minimum absolute atomic E-state index is 0.544. The predicted octanol–water partition coefficient (Wildman–Crippen LogP) is 16.0. The first-order chi connectivity index (χ1) is 33.7. The van der Waals surface area contributed by atoms with Gasteiger partial charge in [-0.3, -0.25) is 0 Å². The van der Waals surface area contributed by atoms with E-state index in [-0.39, 0.29) is 0 Å². The zero-order chi connectivity index (χ0) is 44.5. The Labute approximate surface area is 387 Å². The van der Waals surface area contributed by atoms with Crippen LogP contribution >= 0.6 is 0 Å². The van der Waals surface area contributed by atoms with Gasteiger partial charge in [0, 0.05) is 65.5 Å². The van der Waals surface area contributed by atoms with Crippen LogP contribution in [0.3, 0.4) is 0 Å². The van der Waals surface area contributed by atoms with Crippen LogP contribution in [0.15, 0.2) is 221 Å². The van der Waals surface area contributed by atoms with Crippen molar-refractivity contribution in [2.75, 3.05) is 0 Å². The van der Waals surface area contributed by atoms with E-state index >= 15 is 0 Å². The number of rotatable bonds is 5. The van der Waals surface area contributed by atoms with Gasteiger partial charge in [0.2, 0.25) is 0 Å². The molecule has 0 unspecified atom stereocenters. The number of fused-ring (bicyclic) bond motifs is 13. The highest BCUT2D eigenvalue weighted by atomic mass is 16.3. The third kappa shape index (κ3) is 5.38. The van der Waals surface area contributed by atoms with Crippen molar-refractivity contribution < 1.29 is 8.83 Å². The summed E-state index contributed by atoms with van der Waals surface area (Å²) in [4.78, 5) is 16.1. The summed E-state index contributed by atoms with van der Waals surface area (Å²) in [5.41, 5.74) is 12.2. The topological polar surface area (TPSA) is 74.8 Å². The lowest BCUT2D eigenvalue weighted by Gasteiger charge is -2.13. The SMILES string of the molecule is c1ccc(-n2c3ccccc3c3ccc(-c4nc(-c5ccc6oc7ccccc7c6c5)nc(-c5ccc(-n6c7ccccc7c7cc8ccccc8cc76)c6oc7ccccc7c56)n4)cc32)cc1. The van der Waals surface area contributed by atoms with Crippen LogP contribution in [0.4, 0.5) is 0 Å². The second kappa shape index (κ2) is 14.1. The van der Waals surface area contributed by atoms with Gasteiger partial charge < -0.3 is 18.0 Å². The van der Waals surface area contributed by atoms with E-state index in [0.717, 1.165) is 99.4 Å². The molecule has 0 spiro atoms. The zero-order valence-corrected chi connectivity index (χ0v) is 36.3. The fourth-order valence-electron chi connectivity index (χ4n) is 10.7. The van der Waals surface area contributed by atoms with E-state index < -0.39 is 0 Å². The van der Waals surface area contributed by atoms with Crippen molar-refractivity contribution in [2.24, 2.45) is 0 Å². The van der Waals surface area contributed by atoms with Crippen molar-refractivity contribution in [3.63, 3.8) is 0 Å². The smallest absolute Gasteiger partial charge is 0.164 e. The highest BCUT2D eigenvalue weighted by Gasteiger charge is 2.24. The molecule has 0 saturated carbocycles. The first-order valence-corrected chi connectivity index (χ1v) is 22.8. The second-order valence-electron chi connectivity index (χ2n) is 17.5. The van der Waals surface area contributed by atoms with Gasteiger partial charge in [0.05, 0.1) is 27.8 Å². The van der Waals surface area contributed by atoms with Crippen LogP contribution in [0.2, 0.25) is 0 Å². The zero-order valence-electron chi connectivity index (χ0n) is 36.3. The van der Waals surface area contributed by atoms with Crippen molar-refractivity contribution in [3.05, 3.63) is 212 Å². The highest BCUT2D eigenvalue weighted by molar-refractivity contribution is 6.18. The van der Waals surface area contributed by atoms with Crippen LogP contribution in [0, 0.1) is 0 Å². The Morgan fingerprint density at radius 3 is 1.68 bits per heavy atom. The number of benzene rings is 10. The molecule has 0 aliphatic rings. The Bertz CT molecular complexity index is 4570. The van der Waals surface area contributed by atoms with Crippen molar-refractivity contribution in [1.29, 1.82) is 0 Å². The summed E-state index contributed by atoms with van der Waals surface area (Å²) >= 11 is 0. The average molecular weight is 870 g/mol. The lowest BCUT2D eigenvalue weighted by Crippen LogP contribution is -2.02. The lowest BCUT2D eigenvalue weighted by atomic mass is 10.0. The van der Waals surface area contributed by atoms with E-state index in [0.29, 0.717) is 17.5 Å². The molecule has 5 aromatic heterocycles. The van der Waals surface area contributed by atoms with Crippen LogP contribution in [0.25, 0.3) is 144 Å². The molecule has 68 heavy (non-hydrogen) atoms. The monoisotopic (exact) mass is 869 g/mol. The Balaban J connectivity index is 1.01. The van der Waals surface area contributed by atoms with Gasteiger partial charge in [0.15, 0.2) is 23.1 Å². The van der Waals surface area contributed by atoms with E-state index in [1.165, 1.54) is 26.9 Å². The first kappa shape index (κ1) is 36.9. The molecule has 7 nitrogen and oxygen atoms in total. The van der Waals surface area contributed by atoms with Crippen molar-refractivity contribution in [2.45, 2.75) is 0 Å². The van der Waals surface area contributed by atoms with Gasteiger partial charge in [0.1, 0.15) is 16.7 Å². The maximum Gasteiger partial charge on any atom is 0.164 e. The number of furan rings is 2. The Hall–Kier alpha value is -9.33. The Morgan fingerprint density at radius 1 is 0.324 bits per heavy atom. The molecule has 0 fully saturated rings. The quantitative estimate of drug-likeness (QED) is 0.172. The van der Waals surface area contributed by atoms with E-state index in [1.54, 1.807) is 0 Å². The maximum atomic E-state index is 6.99. The molecule has 0 saturated heterocycles.